The molecule has 1 aromatic rings. The summed E-state index contributed by atoms with van der Waals surface area (Å²) >= 11 is 0. The minimum absolute atomic E-state index is 0.0676. The molecule has 4 N–H and O–H groups in total. The van der Waals surface area contributed by atoms with E-state index in [-0.39, 0.29) is 16.8 Å². The number of phenols is 1. The second-order valence-electron chi connectivity index (χ2n) is 3.55. The van der Waals surface area contributed by atoms with Crippen LogP contribution in [0.2, 0.25) is 0 Å². The van der Waals surface area contributed by atoms with Gasteiger partial charge in [-0.3, -0.25) is 0 Å². The summed E-state index contributed by atoms with van der Waals surface area (Å²) in [5.41, 5.74) is 3.98. The molecule has 0 saturated carbocycles. The summed E-state index contributed by atoms with van der Waals surface area (Å²) in [6.07, 6.45) is 0. The fourth-order valence-electron chi connectivity index (χ4n) is 1.35. The van der Waals surface area contributed by atoms with Gasteiger partial charge in [-0.2, -0.15) is 0 Å². The van der Waals surface area contributed by atoms with Gasteiger partial charge in [-0.05, 0) is 18.6 Å². The van der Waals surface area contributed by atoms with Crippen LogP contribution in [0.1, 0.15) is 28.4 Å². The van der Waals surface area contributed by atoms with E-state index in [1.54, 1.807) is 0 Å². The number of rotatable bonds is 2. The lowest BCUT2D eigenvalue weighted by atomic mass is 9.98. The van der Waals surface area contributed by atoms with E-state index >= 15 is 0 Å². The summed E-state index contributed by atoms with van der Waals surface area (Å²) in [6.45, 7) is 1.90. The first-order valence-electron chi connectivity index (χ1n) is 4.40. The Kier molecular flexibility index (Phi) is 2.77. The number of anilines is 1. The fraction of sp³-hybridized carbons (Fsp3) is 0.300. The van der Waals surface area contributed by atoms with Crippen molar-refractivity contribution in [2.24, 2.45) is 0 Å². The van der Waals surface area contributed by atoms with Crippen LogP contribution < -0.4 is 5.73 Å². The van der Waals surface area contributed by atoms with Crippen LogP contribution in [0.4, 0.5) is 14.5 Å². The molecule has 1 aromatic carbocycles. The molecule has 6 heteroatoms. The minimum Gasteiger partial charge on any atom is -0.505 e. The van der Waals surface area contributed by atoms with Gasteiger partial charge in [0.05, 0.1) is 16.8 Å². The van der Waals surface area contributed by atoms with Gasteiger partial charge in [0.1, 0.15) is 5.75 Å². The molecule has 16 heavy (non-hydrogen) atoms. The molecule has 0 aliphatic heterocycles. The van der Waals surface area contributed by atoms with E-state index < -0.39 is 23.2 Å². The molecule has 0 saturated heterocycles. The van der Waals surface area contributed by atoms with Gasteiger partial charge in [0.25, 0.3) is 5.92 Å². The van der Waals surface area contributed by atoms with E-state index in [2.05, 4.69) is 0 Å². The number of phenolic OH excluding ortho intramolecular Hbond substituents is 1. The summed E-state index contributed by atoms with van der Waals surface area (Å²) in [7, 11) is 0. The number of carbonyl (C=O) groups is 1. The predicted octanol–water partition coefficient (Wildman–Crippen LogP) is 2.09. The smallest absolute Gasteiger partial charge is 0.336 e. The van der Waals surface area contributed by atoms with Crippen LogP contribution in [-0.2, 0) is 5.92 Å². The van der Waals surface area contributed by atoms with Gasteiger partial charge in [0.15, 0.2) is 0 Å². The van der Waals surface area contributed by atoms with E-state index in [1.165, 1.54) is 6.92 Å². The van der Waals surface area contributed by atoms with Crippen molar-refractivity contribution in [1.82, 2.24) is 0 Å². The molecule has 0 fully saturated rings. The molecule has 0 spiro atoms. The average molecular weight is 231 g/mol. The molecule has 1 rings (SSSR count). The van der Waals surface area contributed by atoms with Crippen LogP contribution in [0.15, 0.2) is 6.07 Å². The standard InChI is InChI=1S/C10H11F2NO3/c1-4-5(9(15)16)3-6(10(2,11)12)8(14)7(4)13/h3,14H,13H2,1-2H3,(H,15,16). The summed E-state index contributed by atoms with van der Waals surface area (Å²) in [5, 5.41) is 18.2. The molecule has 0 aliphatic rings. The molecule has 0 amide bonds. The van der Waals surface area contributed by atoms with Gasteiger partial charge < -0.3 is 15.9 Å². The number of carboxylic acids is 1. The lowest BCUT2D eigenvalue weighted by Crippen LogP contribution is -2.12. The molecule has 88 valence electrons. The van der Waals surface area contributed by atoms with Crippen LogP contribution in [0.25, 0.3) is 0 Å². The Morgan fingerprint density at radius 1 is 1.50 bits per heavy atom. The zero-order valence-corrected chi connectivity index (χ0v) is 8.71. The summed E-state index contributed by atoms with van der Waals surface area (Å²) in [5.74, 6) is -5.49. The quantitative estimate of drug-likeness (QED) is 0.537. The number of alkyl halides is 2. The molecule has 0 atom stereocenters. The Morgan fingerprint density at radius 3 is 2.38 bits per heavy atom. The van der Waals surface area contributed by atoms with Gasteiger partial charge >= 0.3 is 5.97 Å². The second kappa shape index (κ2) is 3.62. The number of halogens is 2. The largest absolute Gasteiger partial charge is 0.505 e. The van der Waals surface area contributed by atoms with Crippen molar-refractivity contribution < 1.29 is 23.8 Å². The minimum atomic E-state index is -3.35. The van der Waals surface area contributed by atoms with Gasteiger partial charge in [-0.1, -0.05) is 0 Å². The highest BCUT2D eigenvalue weighted by Gasteiger charge is 2.31. The highest BCUT2D eigenvalue weighted by Crippen LogP contribution is 2.40. The molecule has 0 unspecified atom stereocenters. The first-order valence-corrected chi connectivity index (χ1v) is 4.40. The first kappa shape index (κ1) is 12.2. The van der Waals surface area contributed by atoms with E-state index in [9.17, 15) is 18.7 Å². The van der Waals surface area contributed by atoms with E-state index in [0.29, 0.717) is 6.92 Å². The SMILES string of the molecule is Cc1c(C(=O)O)cc(C(C)(F)F)c(O)c1N. The summed E-state index contributed by atoms with van der Waals surface area (Å²) < 4.78 is 26.1. The molecular weight excluding hydrogens is 220 g/mol. The third-order valence-corrected chi connectivity index (χ3v) is 2.31. The van der Waals surface area contributed by atoms with Gasteiger partial charge in [-0.15, -0.1) is 0 Å². The molecule has 0 aliphatic carbocycles. The Hall–Kier alpha value is -1.85. The van der Waals surface area contributed by atoms with Crippen molar-refractivity contribution in [1.29, 1.82) is 0 Å². The van der Waals surface area contributed by atoms with Gasteiger partial charge in [0.2, 0.25) is 0 Å². The molecule has 4 nitrogen and oxygen atoms in total. The fourth-order valence-corrected chi connectivity index (χ4v) is 1.35. The molecule has 0 aromatic heterocycles. The van der Waals surface area contributed by atoms with E-state index in [0.717, 1.165) is 6.07 Å². The van der Waals surface area contributed by atoms with Crippen molar-refractivity contribution in [3.05, 3.63) is 22.8 Å². The predicted molar refractivity (Wildman–Crippen MR) is 53.8 cm³/mol. The topological polar surface area (TPSA) is 83.5 Å². The number of aromatic carboxylic acids is 1. The van der Waals surface area contributed by atoms with Crippen molar-refractivity contribution in [3.8, 4) is 5.75 Å². The average Bonchev–Trinajstić information content (AvgIpc) is 2.11. The number of benzene rings is 1. The van der Waals surface area contributed by atoms with Crippen molar-refractivity contribution in [3.63, 3.8) is 0 Å². The zero-order chi connectivity index (χ0) is 12.7. The lowest BCUT2D eigenvalue weighted by Gasteiger charge is -2.16. The normalized spacial score (nSPS) is 11.5. The van der Waals surface area contributed by atoms with Crippen LogP contribution in [-0.4, -0.2) is 16.2 Å². The Labute approximate surface area is 90.3 Å². The molecule has 0 heterocycles. The number of aromatic hydroxyl groups is 1. The number of nitrogen functional groups attached to an aromatic ring is 1. The third kappa shape index (κ3) is 1.91. The maximum atomic E-state index is 13.1. The van der Waals surface area contributed by atoms with Gasteiger partial charge in [0, 0.05) is 6.92 Å². The highest BCUT2D eigenvalue weighted by molar-refractivity contribution is 5.92. The van der Waals surface area contributed by atoms with Crippen molar-refractivity contribution in [2.75, 3.05) is 5.73 Å². The first-order chi connectivity index (χ1) is 7.16. The Bertz CT molecular complexity index is 452. The van der Waals surface area contributed by atoms with Crippen LogP contribution in [0, 0.1) is 6.92 Å². The molecule has 0 radical (unpaired) electrons. The van der Waals surface area contributed by atoms with E-state index in [1.807, 2.05) is 0 Å². The second-order valence-corrected chi connectivity index (χ2v) is 3.55. The van der Waals surface area contributed by atoms with Crippen LogP contribution in [0.5, 0.6) is 5.75 Å². The van der Waals surface area contributed by atoms with E-state index in [4.69, 9.17) is 10.8 Å². The Morgan fingerprint density at radius 2 is 2.00 bits per heavy atom. The monoisotopic (exact) mass is 231 g/mol. The lowest BCUT2D eigenvalue weighted by molar-refractivity contribution is 0.0152. The van der Waals surface area contributed by atoms with Crippen molar-refractivity contribution in [2.45, 2.75) is 19.8 Å². The number of hydrogen-bond acceptors (Lipinski definition) is 3. The maximum Gasteiger partial charge on any atom is 0.336 e. The number of hydrogen-bond donors (Lipinski definition) is 3. The highest BCUT2D eigenvalue weighted by atomic mass is 19.3. The molecule has 0 bridgehead atoms. The van der Waals surface area contributed by atoms with Crippen molar-refractivity contribution >= 4 is 11.7 Å². The third-order valence-electron chi connectivity index (χ3n) is 2.31. The number of carboxylic acid groups (broad SMARTS) is 1. The van der Waals surface area contributed by atoms with Gasteiger partial charge in [-0.25, -0.2) is 13.6 Å². The van der Waals surface area contributed by atoms with Crippen LogP contribution in [0.3, 0.4) is 0 Å². The maximum absolute atomic E-state index is 13.1. The van der Waals surface area contributed by atoms with Crippen LogP contribution >= 0.6 is 0 Å². The Balaban J connectivity index is 3.61. The summed E-state index contributed by atoms with van der Waals surface area (Å²) in [6, 6.07) is 0.739. The summed E-state index contributed by atoms with van der Waals surface area (Å²) in [4.78, 5) is 10.8. The molecular formula is C10H11F2NO3. The zero-order valence-electron chi connectivity index (χ0n) is 8.71. The number of nitrogens with two attached hydrogens (primary N) is 1.